The molecular weight excluding hydrogens is 350 g/mol. The first-order chi connectivity index (χ1) is 12.2. The highest BCUT2D eigenvalue weighted by atomic mass is 32.1. The fourth-order valence-corrected chi connectivity index (χ4v) is 4.14. The smallest absolute Gasteiger partial charge is 0.257 e. The summed E-state index contributed by atoms with van der Waals surface area (Å²) in [5, 5.41) is 12.9. The molecular formula is C19H19N3O3S. The first-order valence-electron chi connectivity index (χ1n) is 8.44. The third-order valence-electron chi connectivity index (χ3n) is 4.98. The summed E-state index contributed by atoms with van der Waals surface area (Å²) in [7, 11) is 0. The first-order valence-corrected chi connectivity index (χ1v) is 8.85. The van der Waals surface area contributed by atoms with Crippen molar-refractivity contribution in [1.82, 2.24) is 9.97 Å². The highest BCUT2D eigenvalue weighted by Gasteiger charge is 2.41. The Morgan fingerprint density at radius 1 is 1.12 bits per heavy atom. The van der Waals surface area contributed by atoms with Crippen LogP contribution in [0.25, 0.3) is 0 Å². The van der Waals surface area contributed by atoms with Gasteiger partial charge in [0.15, 0.2) is 10.6 Å². The second-order valence-electron chi connectivity index (χ2n) is 7.68. The number of rotatable bonds is 1. The Morgan fingerprint density at radius 2 is 1.81 bits per heavy atom. The Bertz CT molecular complexity index is 1060. The van der Waals surface area contributed by atoms with E-state index in [0.717, 1.165) is 11.3 Å². The molecule has 6 nitrogen and oxygen atoms in total. The van der Waals surface area contributed by atoms with E-state index in [1.54, 1.807) is 24.3 Å². The van der Waals surface area contributed by atoms with Crippen LogP contribution in [0.2, 0.25) is 0 Å². The predicted molar refractivity (Wildman–Crippen MR) is 101 cm³/mol. The number of allylic oxidation sites excluding steroid dienone is 2. The van der Waals surface area contributed by atoms with E-state index in [1.807, 2.05) is 0 Å². The molecule has 1 atom stereocenters. The summed E-state index contributed by atoms with van der Waals surface area (Å²) in [6, 6.07) is 6.61. The van der Waals surface area contributed by atoms with Crippen LogP contribution in [-0.2, 0) is 4.79 Å². The van der Waals surface area contributed by atoms with Gasteiger partial charge in [0, 0.05) is 23.6 Å². The number of Topliss-reactive ketones (excluding diaryl/α,β-unsaturated/α-hetero) is 1. The lowest BCUT2D eigenvalue weighted by atomic mass is 9.69. The Hall–Kier alpha value is -2.67. The van der Waals surface area contributed by atoms with Crippen molar-refractivity contribution in [3.63, 3.8) is 0 Å². The molecule has 1 aliphatic heterocycles. The summed E-state index contributed by atoms with van der Waals surface area (Å²) in [6.07, 6.45) is 1.13. The number of carbonyl (C=O) groups is 1. The quantitative estimate of drug-likeness (QED) is 0.578. The van der Waals surface area contributed by atoms with Gasteiger partial charge in [-0.3, -0.25) is 14.6 Å². The van der Waals surface area contributed by atoms with Crippen molar-refractivity contribution in [3.05, 3.63) is 61.8 Å². The standard InChI is InChI=1S/C19H19N3O3S/c1-19(2)7-11-14(12(24)8-19)13(9-3-5-10(23)6-4-9)15-16(20-11)21-18(26)22-17(15)25/h3-6,13,23H,7-8H2,1-2H3,(H3,20,21,22,25,26)/t13-/m0/s1. The van der Waals surface area contributed by atoms with Crippen molar-refractivity contribution in [2.45, 2.75) is 32.6 Å². The van der Waals surface area contributed by atoms with Crippen molar-refractivity contribution in [2.75, 3.05) is 5.32 Å². The van der Waals surface area contributed by atoms with Gasteiger partial charge in [-0.1, -0.05) is 26.0 Å². The van der Waals surface area contributed by atoms with Crippen molar-refractivity contribution < 1.29 is 9.90 Å². The number of phenolic OH excluding ortho intramolecular Hbond substituents is 1. The number of fused-ring (bicyclic) bond motifs is 1. The molecule has 0 unspecified atom stereocenters. The van der Waals surface area contributed by atoms with E-state index in [-0.39, 0.29) is 27.3 Å². The fourth-order valence-electron chi connectivity index (χ4n) is 3.95. The van der Waals surface area contributed by atoms with Crippen LogP contribution in [0.1, 0.15) is 43.7 Å². The van der Waals surface area contributed by atoms with Gasteiger partial charge in [0.05, 0.1) is 5.56 Å². The van der Waals surface area contributed by atoms with Crippen molar-refractivity contribution in [3.8, 4) is 5.75 Å². The second-order valence-corrected chi connectivity index (χ2v) is 8.09. The molecule has 0 spiro atoms. The molecule has 0 radical (unpaired) electrons. The number of H-pyrrole nitrogens is 2. The number of carbonyl (C=O) groups excluding carboxylic acids is 1. The Labute approximate surface area is 155 Å². The SMILES string of the molecule is CC1(C)CC(=O)C2=C(C1)Nc1[nH]c(=S)[nH]c(=O)c1[C@H]2c1ccc(O)cc1. The first kappa shape index (κ1) is 16.8. The van der Waals surface area contributed by atoms with Gasteiger partial charge in [0.1, 0.15) is 11.6 Å². The minimum Gasteiger partial charge on any atom is -0.508 e. The lowest BCUT2D eigenvalue weighted by Gasteiger charge is -2.38. The molecule has 2 aromatic rings. The van der Waals surface area contributed by atoms with Crippen LogP contribution in [0, 0.1) is 10.2 Å². The van der Waals surface area contributed by atoms with Gasteiger partial charge >= 0.3 is 0 Å². The number of aromatic nitrogens is 2. The molecule has 1 aromatic carbocycles. The van der Waals surface area contributed by atoms with E-state index in [4.69, 9.17) is 12.2 Å². The normalized spacial score (nSPS) is 21.0. The number of hydrogen-bond donors (Lipinski definition) is 4. The number of aromatic amines is 2. The molecule has 2 aliphatic rings. The van der Waals surface area contributed by atoms with Crippen molar-refractivity contribution in [2.24, 2.45) is 5.41 Å². The molecule has 0 saturated carbocycles. The number of benzene rings is 1. The number of aromatic hydroxyl groups is 1. The molecule has 0 amide bonds. The Morgan fingerprint density at radius 3 is 2.50 bits per heavy atom. The Kier molecular flexibility index (Phi) is 3.66. The van der Waals surface area contributed by atoms with Crippen LogP contribution in [0.4, 0.5) is 5.82 Å². The number of hydrogen-bond acceptors (Lipinski definition) is 5. The van der Waals surface area contributed by atoms with E-state index in [9.17, 15) is 14.7 Å². The summed E-state index contributed by atoms with van der Waals surface area (Å²) in [6.45, 7) is 4.11. The summed E-state index contributed by atoms with van der Waals surface area (Å²) in [4.78, 5) is 31.3. The molecule has 7 heteroatoms. The van der Waals surface area contributed by atoms with Crippen LogP contribution < -0.4 is 10.9 Å². The van der Waals surface area contributed by atoms with Gasteiger partial charge in [0.25, 0.3) is 5.56 Å². The third kappa shape index (κ3) is 2.68. The Balaban J connectivity index is 2.00. The summed E-state index contributed by atoms with van der Waals surface area (Å²) < 4.78 is 0.233. The van der Waals surface area contributed by atoms with E-state index < -0.39 is 5.92 Å². The second kappa shape index (κ2) is 5.67. The molecule has 2 heterocycles. The van der Waals surface area contributed by atoms with Gasteiger partial charge in [-0.05, 0) is 41.7 Å². The van der Waals surface area contributed by atoms with E-state index in [2.05, 4.69) is 29.1 Å². The zero-order chi connectivity index (χ0) is 18.6. The molecule has 26 heavy (non-hydrogen) atoms. The monoisotopic (exact) mass is 369 g/mol. The minimum atomic E-state index is -0.499. The van der Waals surface area contributed by atoms with Gasteiger partial charge < -0.3 is 15.4 Å². The van der Waals surface area contributed by atoms with Gasteiger partial charge in [0.2, 0.25) is 0 Å². The molecule has 0 saturated heterocycles. The van der Waals surface area contributed by atoms with E-state index in [1.165, 1.54) is 0 Å². The molecule has 134 valence electrons. The van der Waals surface area contributed by atoms with Gasteiger partial charge in [-0.2, -0.15) is 0 Å². The zero-order valence-electron chi connectivity index (χ0n) is 14.5. The van der Waals surface area contributed by atoms with Crippen LogP contribution in [0.5, 0.6) is 5.75 Å². The number of anilines is 1. The zero-order valence-corrected chi connectivity index (χ0v) is 15.3. The lowest BCUT2D eigenvalue weighted by Crippen LogP contribution is -2.36. The van der Waals surface area contributed by atoms with Crippen LogP contribution in [0.3, 0.4) is 0 Å². The molecule has 0 bridgehead atoms. The maximum atomic E-state index is 13.0. The fraction of sp³-hybridized carbons (Fsp3) is 0.316. The third-order valence-corrected chi connectivity index (χ3v) is 5.18. The summed E-state index contributed by atoms with van der Waals surface area (Å²) >= 11 is 5.11. The topological polar surface area (TPSA) is 98.0 Å². The molecule has 1 aromatic heterocycles. The number of ketones is 1. The average molecular weight is 369 g/mol. The van der Waals surface area contributed by atoms with E-state index >= 15 is 0 Å². The summed E-state index contributed by atoms with van der Waals surface area (Å²) in [5.74, 6) is 0.200. The predicted octanol–water partition coefficient (Wildman–Crippen LogP) is 3.34. The van der Waals surface area contributed by atoms with Gasteiger partial charge in [-0.25, -0.2) is 0 Å². The highest BCUT2D eigenvalue weighted by Crippen LogP contribution is 2.47. The van der Waals surface area contributed by atoms with Crippen LogP contribution in [0.15, 0.2) is 40.3 Å². The van der Waals surface area contributed by atoms with Crippen LogP contribution in [-0.4, -0.2) is 20.9 Å². The molecule has 4 rings (SSSR count). The number of phenols is 1. The van der Waals surface area contributed by atoms with Crippen LogP contribution >= 0.6 is 12.2 Å². The highest BCUT2D eigenvalue weighted by molar-refractivity contribution is 7.71. The summed E-state index contributed by atoms with van der Waals surface area (Å²) in [5.41, 5.74) is 2.20. The van der Waals surface area contributed by atoms with E-state index in [0.29, 0.717) is 29.8 Å². The average Bonchev–Trinajstić information content (AvgIpc) is 2.52. The minimum absolute atomic E-state index is 0.0364. The van der Waals surface area contributed by atoms with Crippen molar-refractivity contribution in [1.29, 1.82) is 0 Å². The van der Waals surface area contributed by atoms with Crippen molar-refractivity contribution >= 4 is 23.8 Å². The van der Waals surface area contributed by atoms with Gasteiger partial charge in [-0.15, -0.1) is 0 Å². The number of nitrogens with one attached hydrogen (secondary N) is 3. The lowest BCUT2D eigenvalue weighted by molar-refractivity contribution is -0.118. The molecule has 4 N–H and O–H groups in total. The maximum absolute atomic E-state index is 13.0. The maximum Gasteiger partial charge on any atom is 0.257 e. The molecule has 1 aliphatic carbocycles. The largest absolute Gasteiger partial charge is 0.508 e. The molecule has 0 fully saturated rings.